The number of thiophene rings is 1. The molecule has 4 nitrogen and oxygen atoms in total. The quantitative estimate of drug-likeness (QED) is 0.864. The summed E-state index contributed by atoms with van der Waals surface area (Å²) in [5.74, 6) is -0.269. The molecule has 0 aliphatic heterocycles. The van der Waals surface area contributed by atoms with Gasteiger partial charge in [0.2, 0.25) is 5.91 Å². The molecule has 1 saturated carbocycles. The van der Waals surface area contributed by atoms with E-state index in [1.54, 1.807) is 6.07 Å². The van der Waals surface area contributed by atoms with Gasteiger partial charge in [-0.2, -0.15) is 0 Å². The summed E-state index contributed by atoms with van der Waals surface area (Å²) < 4.78 is 0. The van der Waals surface area contributed by atoms with Crippen LogP contribution in [-0.2, 0) is 4.79 Å². The first kappa shape index (κ1) is 14.1. The molecule has 1 fully saturated rings. The molecule has 0 radical (unpaired) electrons. The Kier molecular flexibility index (Phi) is 4.96. The number of carbonyl (C=O) groups excluding carboxylic acids is 1. The lowest BCUT2D eigenvalue weighted by Gasteiger charge is -2.20. The molecule has 0 saturated heterocycles. The van der Waals surface area contributed by atoms with Gasteiger partial charge in [0, 0.05) is 6.42 Å². The summed E-state index contributed by atoms with van der Waals surface area (Å²) >= 11 is 1.10. The Morgan fingerprint density at radius 3 is 2.63 bits per heavy atom. The molecule has 1 aliphatic rings. The Bertz CT molecular complexity index is 449. The summed E-state index contributed by atoms with van der Waals surface area (Å²) in [6, 6.07) is 3.16. The lowest BCUT2D eigenvalue weighted by Crippen LogP contribution is -2.14. The van der Waals surface area contributed by atoms with Crippen LogP contribution in [0.5, 0.6) is 0 Å². The maximum absolute atomic E-state index is 11.8. The van der Waals surface area contributed by atoms with Crippen molar-refractivity contribution in [1.29, 1.82) is 0 Å². The Morgan fingerprint density at radius 1 is 1.26 bits per heavy atom. The van der Waals surface area contributed by atoms with Gasteiger partial charge in [-0.05, 0) is 24.5 Å². The van der Waals surface area contributed by atoms with Crippen LogP contribution in [0.15, 0.2) is 12.1 Å². The number of aromatic carboxylic acids is 1. The van der Waals surface area contributed by atoms with Crippen molar-refractivity contribution in [3.63, 3.8) is 0 Å². The predicted molar refractivity (Wildman–Crippen MR) is 75.7 cm³/mol. The van der Waals surface area contributed by atoms with Crippen LogP contribution in [0, 0.1) is 5.92 Å². The Hall–Kier alpha value is -1.36. The zero-order valence-corrected chi connectivity index (χ0v) is 11.7. The van der Waals surface area contributed by atoms with Crippen molar-refractivity contribution in [3.8, 4) is 0 Å². The summed E-state index contributed by atoms with van der Waals surface area (Å²) in [5, 5.41) is 12.2. The van der Waals surface area contributed by atoms with Gasteiger partial charge in [0.1, 0.15) is 4.88 Å². The summed E-state index contributed by atoms with van der Waals surface area (Å²) in [6.07, 6.45) is 7.88. The summed E-state index contributed by atoms with van der Waals surface area (Å²) in [4.78, 5) is 22.8. The first-order chi connectivity index (χ1) is 9.15. The van der Waals surface area contributed by atoms with Crippen LogP contribution in [0.4, 0.5) is 5.00 Å². The largest absolute Gasteiger partial charge is 0.477 e. The highest BCUT2D eigenvalue weighted by molar-refractivity contribution is 7.18. The minimum Gasteiger partial charge on any atom is -0.477 e. The average molecular weight is 281 g/mol. The number of hydrogen-bond acceptors (Lipinski definition) is 3. The Morgan fingerprint density at radius 2 is 2.00 bits per heavy atom. The second-order valence-corrected chi connectivity index (χ2v) is 6.14. The summed E-state index contributed by atoms with van der Waals surface area (Å²) in [5.41, 5.74) is 0. The number of rotatable bonds is 5. The highest BCUT2D eigenvalue weighted by Crippen LogP contribution is 2.28. The first-order valence-corrected chi connectivity index (χ1v) is 7.60. The van der Waals surface area contributed by atoms with E-state index >= 15 is 0 Å². The van der Waals surface area contributed by atoms with Crippen molar-refractivity contribution in [2.45, 2.75) is 44.9 Å². The van der Waals surface area contributed by atoms with Crippen LogP contribution in [-0.4, -0.2) is 17.0 Å². The van der Waals surface area contributed by atoms with E-state index in [0.717, 1.165) is 17.8 Å². The van der Waals surface area contributed by atoms with Crippen LogP contribution in [0.2, 0.25) is 0 Å². The molecule has 1 aromatic rings. The molecule has 104 valence electrons. The number of anilines is 1. The number of hydrogen-bond donors (Lipinski definition) is 2. The standard InChI is InChI=1S/C14H19NO3S/c16-12(8-6-10-4-2-1-3-5-10)15-13-9-7-11(19-13)14(17)18/h7,9-10H,1-6,8H2,(H,15,16)(H,17,18). The molecule has 1 heterocycles. The topological polar surface area (TPSA) is 66.4 Å². The molecule has 2 N–H and O–H groups in total. The van der Waals surface area contributed by atoms with E-state index in [4.69, 9.17) is 5.11 Å². The molecule has 0 unspecified atom stereocenters. The third-order valence-electron chi connectivity index (χ3n) is 3.58. The molecule has 1 aliphatic carbocycles. The number of amides is 1. The van der Waals surface area contributed by atoms with E-state index < -0.39 is 5.97 Å². The van der Waals surface area contributed by atoms with Crippen LogP contribution in [0.3, 0.4) is 0 Å². The molecule has 0 bridgehead atoms. The minimum absolute atomic E-state index is 0.00985. The normalized spacial score (nSPS) is 16.2. The van der Waals surface area contributed by atoms with Gasteiger partial charge >= 0.3 is 5.97 Å². The highest BCUT2D eigenvalue weighted by atomic mass is 32.1. The smallest absolute Gasteiger partial charge is 0.345 e. The SMILES string of the molecule is O=C(CCC1CCCCC1)Nc1ccc(C(=O)O)s1. The van der Waals surface area contributed by atoms with Gasteiger partial charge in [-0.1, -0.05) is 32.1 Å². The van der Waals surface area contributed by atoms with Gasteiger partial charge in [-0.15, -0.1) is 11.3 Å². The fourth-order valence-corrected chi connectivity index (χ4v) is 3.29. The van der Waals surface area contributed by atoms with Crippen LogP contribution in [0.1, 0.15) is 54.6 Å². The van der Waals surface area contributed by atoms with Crippen molar-refractivity contribution in [2.24, 2.45) is 5.92 Å². The van der Waals surface area contributed by atoms with Crippen molar-refractivity contribution in [3.05, 3.63) is 17.0 Å². The molecule has 19 heavy (non-hydrogen) atoms. The molecule has 5 heteroatoms. The molecular weight excluding hydrogens is 262 g/mol. The van der Waals surface area contributed by atoms with Gasteiger partial charge in [0.05, 0.1) is 5.00 Å². The molecule has 0 atom stereocenters. The van der Waals surface area contributed by atoms with E-state index in [-0.39, 0.29) is 10.8 Å². The Labute approximate surface area is 116 Å². The van der Waals surface area contributed by atoms with Gasteiger partial charge in [0.15, 0.2) is 0 Å². The van der Waals surface area contributed by atoms with Gasteiger partial charge in [-0.25, -0.2) is 4.79 Å². The van der Waals surface area contributed by atoms with E-state index in [9.17, 15) is 9.59 Å². The van der Waals surface area contributed by atoms with Gasteiger partial charge < -0.3 is 10.4 Å². The number of carbonyl (C=O) groups is 2. The molecule has 1 aromatic heterocycles. The molecular formula is C14H19NO3S. The third kappa shape index (κ3) is 4.35. The fourth-order valence-electron chi connectivity index (χ4n) is 2.53. The second kappa shape index (κ2) is 6.70. The second-order valence-electron chi connectivity index (χ2n) is 5.06. The van der Waals surface area contributed by atoms with E-state index in [0.29, 0.717) is 17.3 Å². The fraction of sp³-hybridized carbons (Fsp3) is 0.571. The van der Waals surface area contributed by atoms with Crippen LogP contribution < -0.4 is 5.32 Å². The van der Waals surface area contributed by atoms with Crippen LogP contribution in [0.25, 0.3) is 0 Å². The molecule has 1 amide bonds. The predicted octanol–water partition coefficient (Wildman–Crippen LogP) is 3.75. The van der Waals surface area contributed by atoms with E-state index in [1.165, 1.54) is 38.2 Å². The number of carboxylic acids is 1. The van der Waals surface area contributed by atoms with E-state index in [1.807, 2.05) is 0 Å². The molecule has 0 aromatic carbocycles. The zero-order valence-electron chi connectivity index (χ0n) is 10.9. The van der Waals surface area contributed by atoms with Gasteiger partial charge in [0.25, 0.3) is 0 Å². The lowest BCUT2D eigenvalue weighted by molar-refractivity contribution is -0.116. The average Bonchev–Trinajstić information content (AvgIpc) is 2.86. The first-order valence-electron chi connectivity index (χ1n) is 6.78. The summed E-state index contributed by atoms with van der Waals surface area (Å²) in [7, 11) is 0. The number of carboxylic acid groups (broad SMARTS) is 1. The van der Waals surface area contributed by atoms with Crippen molar-refractivity contribution < 1.29 is 14.7 Å². The van der Waals surface area contributed by atoms with Crippen LogP contribution >= 0.6 is 11.3 Å². The van der Waals surface area contributed by atoms with Crippen molar-refractivity contribution in [2.75, 3.05) is 5.32 Å². The maximum Gasteiger partial charge on any atom is 0.345 e. The molecule has 0 spiro atoms. The monoisotopic (exact) mass is 281 g/mol. The maximum atomic E-state index is 11.8. The number of nitrogens with one attached hydrogen (secondary N) is 1. The zero-order chi connectivity index (χ0) is 13.7. The highest BCUT2D eigenvalue weighted by Gasteiger charge is 2.15. The Balaban J connectivity index is 1.75. The summed E-state index contributed by atoms with van der Waals surface area (Å²) in [6.45, 7) is 0. The van der Waals surface area contributed by atoms with Gasteiger partial charge in [-0.3, -0.25) is 4.79 Å². The van der Waals surface area contributed by atoms with Crippen molar-refractivity contribution >= 4 is 28.2 Å². The lowest BCUT2D eigenvalue weighted by atomic mass is 9.86. The van der Waals surface area contributed by atoms with Crippen molar-refractivity contribution in [1.82, 2.24) is 0 Å². The van der Waals surface area contributed by atoms with E-state index in [2.05, 4.69) is 5.32 Å². The minimum atomic E-state index is -0.951. The molecule has 2 rings (SSSR count). The third-order valence-corrected chi connectivity index (χ3v) is 4.57.